The number of nitriles is 1. The van der Waals surface area contributed by atoms with Crippen LogP contribution in [0.1, 0.15) is 27.2 Å². The van der Waals surface area contributed by atoms with Gasteiger partial charge in [0.1, 0.15) is 17.5 Å². The van der Waals surface area contributed by atoms with Crippen molar-refractivity contribution in [2.24, 2.45) is 0 Å². The number of carbonyl (C=O) groups is 1. The summed E-state index contributed by atoms with van der Waals surface area (Å²) in [6.45, 7) is 1.95. The summed E-state index contributed by atoms with van der Waals surface area (Å²) >= 11 is 0. The normalized spacial score (nSPS) is 10.3. The molecule has 1 aromatic heterocycles. The average Bonchev–Trinajstić information content (AvgIpc) is 2.98. The maximum absolute atomic E-state index is 13.0. The lowest BCUT2D eigenvalue weighted by molar-refractivity contribution is 0.103. The van der Waals surface area contributed by atoms with Crippen molar-refractivity contribution in [1.29, 1.82) is 5.26 Å². The molecule has 0 fully saturated rings. The van der Waals surface area contributed by atoms with E-state index >= 15 is 0 Å². The van der Waals surface area contributed by atoms with Crippen molar-refractivity contribution in [3.63, 3.8) is 0 Å². The van der Waals surface area contributed by atoms with Crippen LogP contribution in [0.3, 0.4) is 0 Å². The summed E-state index contributed by atoms with van der Waals surface area (Å²) in [4.78, 5) is 13.0. The Balaban J connectivity index is 2.18. The van der Waals surface area contributed by atoms with E-state index in [2.05, 4.69) is 0 Å². The third-order valence-electron chi connectivity index (χ3n) is 4.03. The lowest BCUT2D eigenvalue weighted by atomic mass is 10.0. The Labute approximate surface area is 145 Å². The van der Waals surface area contributed by atoms with Gasteiger partial charge in [0.05, 0.1) is 18.4 Å². The molecule has 0 radical (unpaired) electrons. The van der Waals surface area contributed by atoms with E-state index in [9.17, 15) is 10.1 Å². The van der Waals surface area contributed by atoms with Crippen molar-refractivity contribution < 1.29 is 9.53 Å². The van der Waals surface area contributed by atoms with E-state index in [0.29, 0.717) is 17.0 Å². The molecule has 2 N–H and O–H groups in total. The van der Waals surface area contributed by atoms with Crippen LogP contribution in [0.2, 0.25) is 0 Å². The first-order chi connectivity index (χ1) is 12.0. The number of rotatable bonds is 4. The highest BCUT2D eigenvalue weighted by molar-refractivity contribution is 6.12. The number of aryl methyl sites for hydroxylation is 1. The average molecular weight is 331 g/mol. The third-order valence-corrected chi connectivity index (χ3v) is 4.03. The van der Waals surface area contributed by atoms with Gasteiger partial charge in [0.25, 0.3) is 0 Å². The molecule has 5 heteroatoms. The number of nitrogen functional groups attached to an aromatic ring is 1. The van der Waals surface area contributed by atoms with Crippen molar-refractivity contribution >= 4 is 11.5 Å². The molecule has 0 amide bonds. The van der Waals surface area contributed by atoms with Crippen LogP contribution < -0.4 is 10.5 Å². The standard InChI is InChI=1S/C20H17N3O2/c1-13-6-8-14(9-7-13)20(24)19-18(22)15(11-21)12-23(19)16-4-3-5-17(10-16)25-2/h3-10,12H,22H2,1-2H3. The van der Waals surface area contributed by atoms with E-state index in [1.807, 2.05) is 43.3 Å². The van der Waals surface area contributed by atoms with E-state index in [1.54, 1.807) is 36.1 Å². The number of aromatic nitrogens is 1. The van der Waals surface area contributed by atoms with Gasteiger partial charge in [-0.15, -0.1) is 0 Å². The predicted octanol–water partition coefficient (Wildman–Crippen LogP) is 3.48. The molecule has 0 saturated carbocycles. The van der Waals surface area contributed by atoms with Crippen LogP contribution in [-0.4, -0.2) is 17.5 Å². The first-order valence-electron chi connectivity index (χ1n) is 7.72. The number of ether oxygens (including phenoxy) is 1. The first-order valence-corrected chi connectivity index (χ1v) is 7.72. The lowest BCUT2D eigenvalue weighted by Crippen LogP contribution is -2.11. The molecule has 0 aliphatic heterocycles. The van der Waals surface area contributed by atoms with Gasteiger partial charge in [-0.3, -0.25) is 4.79 Å². The Morgan fingerprint density at radius 2 is 1.92 bits per heavy atom. The van der Waals surface area contributed by atoms with E-state index in [4.69, 9.17) is 10.5 Å². The monoisotopic (exact) mass is 331 g/mol. The van der Waals surface area contributed by atoms with E-state index in [-0.39, 0.29) is 22.7 Å². The minimum atomic E-state index is -0.234. The second-order valence-electron chi connectivity index (χ2n) is 5.68. The van der Waals surface area contributed by atoms with Crippen molar-refractivity contribution in [1.82, 2.24) is 4.57 Å². The molecule has 0 saturated heterocycles. The number of anilines is 1. The molecule has 0 aliphatic carbocycles. The van der Waals surface area contributed by atoms with Crippen LogP contribution in [0.15, 0.2) is 54.7 Å². The fourth-order valence-electron chi connectivity index (χ4n) is 2.65. The Kier molecular flexibility index (Phi) is 4.27. The third kappa shape index (κ3) is 2.98. The summed E-state index contributed by atoms with van der Waals surface area (Å²) in [5.74, 6) is 0.416. The van der Waals surface area contributed by atoms with Crippen LogP contribution in [0.5, 0.6) is 5.75 Å². The molecule has 0 spiro atoms. The van der Waals surface area contributed by atoms with Crippen molar-refractivity contribution in [3.8, 4) is 17.5 Å². The Bertz CT molecular complexity index is 979. The molecular weight excluding hydrogens is 314 g/mol. The summed E-state index contributed by atoms with van der Waals surface area (Å²) in [6, 6.07) is 16.5. The van der Waals surface area contributed by atoms with Crippen molar-refractivity contribution in [3.05, 3.63) is 77.1 Å². The molecule has 5 nitrogen and oxygen atoms in total. The van der Waals surface area contributed by atoms with Gasteiger partial charge in [0, 0.05) is 23.5 Å². The molecule has 1 heterocycles. The maximum atomic E-state index is 13.0. The number of nitrogens with two attached hydrogens (primary N) is 1. The lowest BCUT2D eigenvalue weighted by Gasteiger charge is -2.11. The molecule has 3 rings (SSSR count). The molecule has 0 bridgehead atoms. The van der Waals surface area contributed by atoms with Crippen molar-refractivity contribution in [2.75, 3.05) is 12.8 Å². The highest BCUT2D eigenvalue weighted by atomic mass is 16.5. The van der Waals surface area contributed by atoms with Gasteiger partial charge in [0.15, 0.2) is 0 Å². The number of carbonyl (C=O) groups excluding carboxylic acids is 1. The number of methoxy groups -OCH3 is 1. The highest BCUT2D eigenvalue weighted by Gasteiger charge is 2.22. The number of benzene rings is 2. The summed E-state index contributed by atoms with van der Waals surface area (Å²) in [6.07, 6.45) is 1.57. The minimum absolute atomic E-state index is 0.177. The first kappa shape index (κ1) is 16.3. The van der Waals surface area contributed by atoms with E-state index in [0.717, 1.165) is 5.56 Å². The van der Waals surface area contributed by atoms with E-state index in [1.165, 1.54) is 0 Å². The topological polar surface area (TPSA) is 81.0 Å². The predicted molar refractivity (Wildman–Crippen MR) is 96.1 cm³/mol. The highest BCUT2D eigenvalue weighted by Crippen LogP contribution is 2.28. The summed E-state index contributed by atoms with van der Waals surface area (Å²) in [7, 11) is 1.57. The van der Waals surface area contributed by atoms with Gasteiger partial charge in [-0.1, -0.05) is 35.9 Å². The molecule has 0 unspecified atom stereocenters. The number of hydrogen-bond donors (Lipinski definition) is 1. The molecule has 124 valence electrons. The van der Waals surface area contributed by atoms with Crippen molar-refractivity contribution in [2.45, 2.75) is 6.92 Å². The molecule has 0 atom stereocenters. The quantitative estimate of drug-likeness (QED) is 0.742. The minimum Gasteiger partial charge on any atom is -0.497 e. The fraction of sp³-hybridized carbons (Fsp3) is 0.100. The second kappa shape index (κ2) is 6.54. The fourth-order valence-corrected chi connectivity index (χ4v) is 2.65. The summed E-state index contributed by atoms with van der Waals surface area (Å²) < 4.78 is 6.88. The van der Waals surface area contributed by atoms with E-state index < -0.39 is 0 Å². The second-order valence-corrected chi connectivity index (χ2v) is 5.68. The Morgan fingerprint density at radius 3 is 2.56 bits per heavy atom. The summed E-state index contributed by atoms with van der Waals surface area (Å²) in [5.41, 5.74) is 9.08. The van der Waals surface area contributed by atoms with Gasteiger partial charge < -0.3 is 15.0 Å². The summed E-state index contributed by atoms with van der Waals surface area (Å²) in [5, 5.41) is 9.31. The Morgan fingerprint density at radius 1 is 1.20 bits per heavy atom. The van der Waals surface area contributed by atoms with Crippen LogP contribution >= 0.6 is 0 Å². The van der Waals surface area contributed by atoms with Crippen LogP contribution in [0.25, 0.3) is 5.69 Å². The van der Waals surface area contributed by atoms with Gasteiger partial charge in [-0.2, -0.15) is 5.26 Å². The molecule has 2 aromatic carbocycles. The zero-order valence-electron chi connectivity index (χ0n) is 14.0. The SMILES string of the molecule is COc1cccc(-n2cc(C#N)c(N)c2C(=O)c2ccc(C)cc2)c1. The molecule has 25 heavy (non-hydrogen) atoms. The maximum Gasteiger partial charge on any atom is 0.211 e. The zero-order chi connectivity index (χ0) is 18.0. The van der Waals surface area contributed by atoms with Gasteiger partial charge in [0.2, 0.25) is 5.78 Å². The smallest absolute Gasteiger partial charge is 0.211 e. The number of nitrogens with zero attached hydrogens (tertiary/aromatic N) is 2. The molecule has 3 aromatic rings. The van der Waals surface area contributed by atoms with Gasteiger partial charge in [-0.25, -0.2) is 0 Å². The zero-order valence-corrected chi connectivity index (χ0v) is 14.0. The number of ketones is 1. The van der Waals surface area contributed by atoms with Gasteiger partial charge >= 0.3 is 0 Å². The molecular formula is C20H17N3O2. The Hall–Kier alpha value is -3.52. The van der Waals surface area contributed by atoms with Gasteiger partial charge in [-0.05, 0) is 19.1 Å². The number of hydrogen-bond acceptors (Lipinski definition) is 4. The van der Waals surface area contributed by atoms with Crippen LogP contribution in [0.4, 0.5) is 5.69 Å². The molecule has 0 aliphatic rings. The van der Waals surface area contributed by atoms with Crippen LogP contribution in [-0.2, 0) is 0 Å². The van der Waals surface area contributed by atoms with Crippen LogP contribution in [0, 0.1) is 18.3 Å². The largest absolute Gasteiger partial charge is 0.497 e.